The smallest absolute Gasteiger partial charge is 0.348 e. The number of fused-ring (bicyclic) bond motifs is 1. The van der Waals surface area contributed by atoms with Gasteiger partial charge < -0.3 is 4.90 Å². The molecule has 1 aliphatic rings. The van der Waals surface area contributed by atoms with E-state index in [2.05, 4.69) is 30.3 Å². The molecule has 2 aromatic rings. The SMILES string of the molecule is O=c1nc(N2CCCCC2)c2n[nH]nc2[nH]1. The van der Waals surface area contributed by atoms with Crippen molar-refractivity contribution >= 4 is 17.0 Å². The summed E-state index contributed by atoms with van der Waals surface area (Å²) in [5.74, 6) is 0.646. The van der Waals surface area contributed by atoms with Gasteiger partial charge in [0.1, 0.15) is 0 Å². The molecule has 3 heterocycles. The zero-order valence-corrected chi connectivity index (χ0v) is 8.73. The van der Waals surface area contributed by atoms with Crippen molar-refractivity contribution in [1.29, 1.82) is 0 Å². The van der Waals surface area contributed by atoms with Crippen LogP contribution in [0.1, 0.15) is 19.3 Å². The van der Waals surface area contributed by atoms with Gasteiger partial charge in [-0.3, -0.25) is 4.98 Å². The van der Waals surface area contributed by atoms with Gasteiger partial charge in [-0.05, 0) is 19.3 Å². The summed E-state index contributed by atoms with van der Waals surface area (Å²) in [5.41, 5.74) is 0.740. The van der Waals surface area contributed by atoms with E-state index in [-0.39, 0.29) is 5.69 Å². The largest absolute Gasteiger partial charge is 0.354 e. The first-order valence-electron chi connectivity index (χ1n) is 5.40. The lowest BCUT2D eigenvalue weighted by Crippen LogP contribution is -2.32. The number of hydrogen-bond acceptors (Lipinski definition) is 5. The van der Waals surface area contributed by atoms with E-state index < -0.39 is 0 Å². The Hall–Kier alpha value is -1.92. The van der Waals surface area contributed by atoms with Gasteiger partial charge in [0.2, 0.25) is 0 Å². The van der Waals surface area contributed by atoms with E-state index in [1.165, 1.54) is 6.42 Å². The third-order valence-corrected chi connectivity index (χ3v) is 2.85. The molecular formula is C9H12N6O. The number of nitrogens with one attached hydrogen (secondary N) is 2. The standard InChI is InChI=1S/C9H12N6O/c16-9-10-7-6(12-14-13-7)8(11-9)15-4-2-1-3-5-15/h1-5H2,(H2,10,11,12,13,14,16). The van der Waals surface area contributed by atoms with E-state index in [9.17, 15) is 4.79 Å². The highest BCUT2D eigenvalue weighted by Gasteiger charge is 2.17. The van der Waals surface area contributed by atoms with Gasteiger partial charge in [0.05, 0.1) is 0 Å². The summed E-state index contributed by atoms with van der Waals surface area (Å²) in [6, 6.07) is 0. The van der Waals surface area contributed by atoms with Gasteiger partial charge in [0, 0.05) is 13.1 Å². The second-order valence-corrected chi connectivity index (χ2v) is 3.93. The third-order valence-electron chi connectivity index (χ3n) is 2.85. The van der Waals surface area contributed by atoms with Crippen molar-refractivity contribution < 1.29 is 0 Å². The molecule has 7 nitrogen and oxygen atoms in total. The normalized spacial score (nSPS) is 16.9. The number of H-pyrrole nitrogens is 2. The van der Waals surface area contributed by atoms with Crippen LogP contribution in [-0.4, -0.2) is 38.5 Å². The summed E-state index contributed by atoms with van der Waals surface area (Å²) in [5, 5.41) is 10.4. The fraction of sp³-hybridized carbons (Fsp3) is 0.556. The molecule has 7 heteroatoms. The molecule has 0 aromatic carbocycles. The molecule has 0 saturated carbocycles. The predicted molar refractivity (Wildman–Crippen MR) is 58.4 cm³/mol. The summed E-state index contributed by atoms with van der Waals surface area (Å²) >= 11 is 0. The van der Waals surface area contributed by atoms with Gasteiger partial charge in [-0.25, -0.2) is 4.79 Å². The molecule has 0 radical (unpaired) electrons. The maximum atomic E-state index is 11.4. The number of aromatic nitrogens is 5. The van der Waals surface area contributed by atoms with Crippen LogP contribution in [0, 0.1) is 0 Å². The van der Waals surface area contributed by atoms with E-state index in [1.54, 1.807) is 0 Å². The van der Waals surface area contributed by atoms with Crippen molar-refractivity contribution in [2.75, 3.05) is 18.0 Å². The Labute approximate surface area is 90.9 Å². The molecule has 0 amide bonds. The molecule has 0 spiro atoms. The first-order chi connectivity index (χ1) is 7.84. The van der Waals surface area contributed by atoms with Crippen molar-refractivity contribution in [3.63, 3.8) is 0 Å². The second kappa shape index (κ2) is 3.58. The highest BCUT2D eigenvalue weighted by molar-refractivity contribution is 5.81. The topological polar surface area (TPSA) is 90.6 Å². The fourth-order valence-corrected chi connectivity index (χ4v) is 2.08. The minimum absolute atomic E-state index is 0.373. The van der Waals surface area contributed by atoms with Crippen LogP contribution in [0.4, 0.5) is 5.82 Å². The molecule has 0 atom stereocenters. The Bertz CT molecular complexity index is 552. The number of aromatic amines is 2. The molecule has 0 bridgehead atoms. The Morgan fingerprint density at radius 3 is 2.75 bits per heavy atom. The Morgan fingerprint density at radius 2 is 1.94 bits per heavy atom. The van der Waals surface area contributed by atoms with Crippen LogP contribution in [0.2, 0.25) is 0 Å². The summed E-state index contributed by atoms with van der Waals surface area (Å²) < 4.78 is 0. The molecule has 2 aromatic heterocycles. The minimum atomic E-state index is -0.373. The van der Waals surface area contributed by atoms with E-state index in [1.807, 2.05) is 0 Å². The van der Waals surface area contributed by atoms with Gasteiger partial charge >= 0.3 is 5.69 Å². The average Bonchev–Trinajstić information content (AvgIpc) is 2.77. The van der Waals surface area contributed by atoms with Crippen LogP contribution in [0.15, 0.2) is 4.79 Å². The minimum Gasteiger partial charge on any atom is -0.354 e. The Morgan fingerprint density at radius 1 is 1.12 bits per heavy atom. The van der Waals surface area contributed by atoms with Crippen molar-refractivity contribution in [3.05, 3.63) is 10.5 Å². The summed E-state index contributed by atoms with van der Waals surface area (Å²) in [7, 11) is 0. The van der Waals surface area contributed by atoms with Crippen LogP contribution in [0.25, 0.3) is 11.2 Å². The molecule has 1 fully saturated rings. The van der Waals surface area contributed by atoms with Gasteiger partial charge in [-0.15, -0.1) is 5.10 Å². The van der Waals surface area contributed by atoms with Crippen LogP contribution in [-0.2, 0) is 0 Å². The van der Waals surface area contributed by atoms with Crippen molar-refractivity contribution in [2.45, 2.75) is 19.3 Å². The van der Waals surface area contributed by atoms with E-state index >= 15 is 0 Å². The Kier molecular flexibility index (Phi) is 2.09. The van der Waals surface area contributed by atoms with Gasteiger partial charge in [-0.1, -0.05) is 0 Å². The lowest BCUT2D eigenvalue weighted by atomic mass is 10.1. The average molecular weight is 220 g/mol. The second-order valence-electron chi connectivity index (χ2n) is 3.93. The molecule has 16 heavy (non-hydrogen) atoms. The van der Waals surface area contributed by atoms with Crippen LogP contribution >= 0.6 is 0 Å². The van der Waals surface area contributed by atoms with Crippen LogP contribution in [0.3, 0.4) is 0 Å². The molecule has 1 aliphatic heterocycles. The number of rotatable bonds is 1. The molecule has 3 rings (SSSR count). The van der Waals surface area contributed by atoms with Crippen LogP contribution in [0.5, 0.6) is 0 Å². The highest BCUT2D eigenvalue weighted by Crippen LogP contribution is 2.21. The number of hydrogen-bond donors (Lipinski definition) is 2. The third kappa shape index (κ3) is 1.44. The molecule has 0 unspecified atom stereocenters. The van der Waals surface area contributed by atoms with E-state index in [0.29, 0.717) is 17.0 Å². The molecule has 2 N–H and O–H groups in total. The van der Waals surface area contributed by atoms with Gasteiger partial charge in [0.15, 0.2) is 17.0 Å². The molecule has 0 aliphatic carbocycles. The van der Waals surface area contributed by atoms with E-state index in [0.717, 1.165) is 25.9 Å². The lowest BCUT2D eigenvalue weighted by molar-refractivity contribution is 0.573. The number of anilines is 1. The highest BCUT2D eigenvalue weighted by atomic mass is 16.1. The Balaban J connectivity index is 2.13. The van der Waals surface area contributed by atoms with Gasteiger partial charge in [-0.2, -0.15) is 15.3 Å². The summed E-state index contributed by atoms with van der Waals surface area (Å²) in [4.78, 5) is 20.0. The first-order valence-corrected chi connectivity index (χ1v) is 5.40. The predicted octanol–water partition coefficient (Wildman–Crippen LogP) is 0.0315. The molecule has 84 valence electrons. The number of piperidine rings is 1. The maximum absolute atomic E-state index is 11.4. The lowest BCUT2D eigenvalue weighted by Gasteiger charge is -2.27. The zero-order chi connectivity index (χ0) is 11.0. The molecular weight excluding hydrogens is 208 g/mol. The monoisotopic (exact) mass is 220 g/mol. The van der Waals surface area contributed by atoms with E-state index in [4.69, 9.17) is 0 Å². The van der Waals surface area contributed by atoms with Crippen molar-refractivity contribution in [1.82, 2.24) is 25.4 Å². The summed E-state index contributed by atoms with van der Waals surface area (Å²) in [6.07, 6.45) is 3.50. The van der Waals surface area contributed by atoms with Gasteiger partial charge in [0.25, 0.3) is 0 Å². The summed E-state index contributed by atoms with van der Waals surface area (Å²) in [6.45, 7) is 1.86. The quantitative estimate of drug-likeness (QED) is 0.707. The van der Waals surface area contributed by atoms with Crippen molar-refractivity contribution in [3.8, 4) is 0 Å². The molecule has 1 saturated heterocycles. The van der Waals surface area contributed by atoms with Crippen LogP contribution < -0.4 is 10.6 Å². The first kappa shape index (κ1) is 9.32. The zero-order valence-electron chi connectivity index (χ0n) is 8.73. The maximum Gasteiger partial charge on any atom is 0.348 e. The number of nitrogens with zero attached hydrogens (tertiary/aromatic N) is 4. The van der Waals surface area contributed by atoms with Crippen molar-refractivity contribution in [2.24, 2.45) is 0 Å². The fourth-order valence-electron chi connectivity index (χ4n) is 2.08.